The number of benzene rings is 3. The fourth-order valence-electron chi connectivity index (χ4n) is 2.84. The number of phenolic OH excluding ortho intramolecular Hbond substituents is 1. The van der Waals surface area contributed by atoms with Crippen LogP contribution in [-0.2, 0) is 0 Å². The third-order valence-corrected chi connectivity index (χ3v) is 6.46. The van der Waals surface area contributed by atoms with Gasteiger partial charge in [-0.25, -0.2) is 0 Å². The third kappa shape index (κ3) is 2.26. The van der Waals surface area contributed by atoms with Gasteiger partial charge in [-0.05, 0) is 0 Å². The van der Waals surface area contributed by atoms with Gasteiger partial charge in [0.2, 0.25) is 0 Å². The molecule has 0 fully saturated rings. The Balaban J connectivity index is 1.70. The van der Waals surface area contributed by atoms with Crippen molar-refractivity contribution in [2.45, 2.75) is 0 Å². The molecule has 5 rings (SSSR count). The van der Waals surface area contributed by atoms with E-state index in [1.165, 1.54) is 30.3 Å². The van der Waals surface area contributed by atoms with E-state index in [1.54, 1.807) is 0 Å². The summed E-state index contributed by atoms with van der Waals surface area (Å²) in [5, 5.41) is 10.0. The summed E-state index contributed by atoms with van der Waals surface area (Å²) < 4.78 is 70.7. The normalized spacial score (nSPS) is 18.5. The molecule has 10 heteroatoms. The molecule has 6 nitrogen and oxygen atoms in total. The minimum atomic E-state index is -5.38. The van der Waals surface area contributed by atoms with Crippen molar-refractivity contribution < 1.29 is 40.9 Å². The first-order valence-corrected chi connectivity index (χ1v) is 9.78. The van der Waals surface area contributed by atoms with Gasteiger partial charge in [-0.3, -0.25) is 0 Å². The van der Waals surface area contributed by atoms with Crippen LogP contribution in [-0.4, -0.2) is 5.11 Å². The Morgan fingerprint density at radius 2 is 1.18 bits per heavy atom. The van der Waals surface area contributed by atoms with Crippen LogP contribution in [0.5, 0.6) is 34.5 Å². The van der Waals surface area contributed by atoms with Crippen molar-refractivity contribution in [2.75, 3.05) is 0 Å². The van der Waals surface area contributed by atoms with Crippen molar-refractivity contribution in [3.05, 3.63) is 72.0 Å². The Hall–Kier alpha value is -3.32. The van der Waals surface area contributed by atoms with E-state index in [0.29, 0.717) is 0 Å². The molecule has 0 unspecified atom stereocenters. The number of hydrogen-bond acceptors (Lipinski definition) is 6. The van der Waals surface area contributed by atoms with E-state index in [1.807, 2.05) is 0 Å². The van der Waals surface area contributed by atoms with Gasteiger partial charge in [0.1, 0.15) is 0 Å². The number of fused-ring (bicyclic) bond motifs is 2. The van der Waals surface area contributed by atoms with Crippen LogP contribution in [0.15, 0.2) is 54.6 Å². The van der Waals surface area contributed by atoms with Gasteiger partial charge in [0.15, 0.2) is 0 Å². The third-order valence-electron chi connectivity index (χ3n) is 4.02. The van der Waals surface area contributed by atoms with Crippen LogP contribution in [0.4, 0.5) is 13.2 Å². The van der Waals surface area contributed by atoms with Crippen molar-refractivity contribution in [1.82, 2.24) is 0 Å². The molecule has 0 amide bonds. The standard InChI is InChI=1S/C18H10F3O6P/c19-10-4-1-7-13(22)16(10)25-28(23-14-8-2-5-11(20)17(14)26-28)24-15-9-3-6-12(21)18(15)27-28/h1-9,22H. The average molecular weight is 410 g/mol. The molecule has 1 spiro atoms. The summed E-state index contributed by atoms with van der Waals surface area (Å²) >= 11 is 0. The molecule has 0 bridgehead atoms. The molecule has 2 aliphatic heterocycles. The van der Waals surface area contributed by atoms with E-state index in [-0.39, 0.29) is 11.5 Å². The molecule has 0 atom stereocenters. The second-order valence-corrected chi connectivity index (χ2v) is 8.33. The molecule has 144 valence electrons. The number of para-hydroxylation sites is 3. The van der Waals surface area contributed by atoms with Crippen molar-refractivity contribution in [3.8, 4) is 34.5 Å². The first-order valence-electron chi connectivity index (χ1n) is 7.96. The van der Waals surface area contributed by atoms with E-state index in [9.17, 15) is 18.3 Å². The molecule has 2 aliphatic rings. The monoisotopic (exact) mass is 410 g/mol. The molecule has 0 radical (unpaired) electrons. The predicted molar refractivity (Wildman–Crippen MR) is 90.9 cm³/mol. The van der Waals surface area contributed by atoms with Crippen LogP contribution in [0, 0.1) is 17.5 Å². The minimum absolute atomic E-state index is 0.151. The molecule has 0 aliphatic carbocycles. The van der Waals surface area contributed by atoms with Crippen molar-refractivity contribution in [1.29, 1.82) is 0 Å². The first-order chi connectivity index (χ1) is 13.4. The zero-order chi connectivity index (χ0) is 19.5. The van der Waals surface area contributed by atoms with Crippen molar-refractivity contribution in [3.63, 3.8) is 0 Å². The molecule has 0 aromatic heterocycles. The summed E-state index contributed by atoms with van der Waals surface area (Å²) in [6.45, 7) is 0. The second-order valence-electron chi connectivity index (χ2n) is 5.92. The van der Waals surface area contributed by atoms with Crippen LogP contribution in [0.25, 0.3) is 0 Å². The second kappa shape index (κ2) is 5.36. The van der Waals surface area contributed by atoms with Crippen LogP contribution in [0.1, 0.15) is 0 Å². The molecule has 3 aromatic rings. The fourth-order valence-corrected chi connectivity index (χ4v) is 5.57. The van der Waals surface area contributed by atoms with Crippen LogP contribution in [0.2, 0.25) is 0 Å². The Kier molecular flexibility index (Phi) is 3.22. The summed E-state index contributed by atoms with van der Waals surface area (Å²) in [6.07, 6.45) is 0. The van der Waals surface area contributed by atoms with E-state index in [4.69, 9.17) is 22.6 Å². The van der Waals surface area contributed by atoms with E-state index < -0.39 is 48.2 Å². The number of aromatic hydroxyl groups is 1. The van der Waals surface area contributed by atoms with E-state index in [2.05, 4.69) is 0 Å². The zero-order valence-corrected chi connectivity index (χ0v) is 14.7. The number of halogens is 3. The molecule has 2 heterocycles. The maximum absolute atomic E-state index is 14.3. The quantitative estimate of drug-likeness (QED) is 0.582. The van der Waals surface area contributed by atoms with Crippen LogP contribution >= 0.6 is 7.74 Å². The van der Waals surface area contributed by atoms with Gasteiger partial charge in [-0.1, -0.05) is 0 Å². The number of hydrogen-bond donors (Lipinski definition) is 1. The van der Waals surface area contributed by atoms with Crippen molar-refractivity contribution >= 4 is 7.74 Å². The molecule has 1 N–H and O–H groups in total. The van der Waals surface area contributed by atoms with Gasteiger partial charge in [-0.2, -0.15) is 0 Å². The van der Waals surface area contributed by atoms with Gasteiger partial charge >= 0.3 is 155 Å². The van der Waals surface area contributed by atoms with Crippen molar-refractivity contribution in [2.24, 2.45) is 0 Å². The summed E-state index contributed by atoms with van der Waals surface area (Å²) in [6, 6.07) is 10.9. The average Bonchev–Trinajstić information content (AvgIpc) is 3.16. The van der Waals surface area contributed by atoms with E-state index >= 15 is 0 Å². The van der Waals surface area contributed by atoms with Gasteiger partial charge in [0, 0.05) is 0 Å². The van der Waals surface area contributed by atoms with Gasteiger partial charge < -0.3 is 0 Å². The number of phenols is 1. The molecule has 0 saturated heterocycles. The Morgan fingerprint density at radius 1 is 0.679 bits per heavy atom. The zero-order valence-electron chi connectivity index (χ0n) is 13.8. The Bertz CT molecular complexity index is 1060. The number of rotatable bonds is 2. The van der Waals surface area contributed by atoms with Crippen LogP contribution < -0.4 is 22.6 Å². The molecule has 3 aromatic carbocycles. The fraction of sp³-hybridized carbons (Fsp3) is 0. The molecule has 28 heavy (non-hydrogen) atoms. The first kappa shape index (κ1) is 16.8. The Morgan fingerprint density at radius 3 is 1.68 bits per heavy atom. The molecular formula is C18H10F3O6P. The molecule has 0 saturated carbocycles. The molecular weight excluding hydrogens is 400 g/mol. The van der Waals surface area contributed by atoms with Gasteiger partial charge in [0.25, 0.3) is 0 Å². The van der Waals surface area contributed by atoms with Gasteiger partial charge in [-0.15, -0.1) is 0 Å². The van der Waals surface area contributed by atoms with E-state index in [0.717, 1.165) is 24.3 Å². The van der Waals surface area contributed by atoms with Gasteiger partial charge in [0.05, 0.1) is 0 Å². The van der Waals surface area contributed by atoms with Crippen LogP contribution in [0.3, 0.4) is 0 Å². The predicted octanol–water partition coefficient (Wildman–Crippen LogP) is 5.26. The topological polar surface area (TPSA) is 66.4 Å². The summed E-state index contributed by atoms with van der Waals surface area (Å²) in [4.78, 5) is 0. The SMILES string of the molecule is Oc1cccc(F)c1OP12(Oc3cccc(F)c3O1)Oc1cccc(F)c1O2. The summed E-state index contributed by atoms with van der Waals surface area (Å²) in [5.74, 6) is -5.12. The summed E-state index contributed by atoms with van der Waals surface area (Å²) in [7, 11) is -5.38. The Labute approximate surface area is 155 Å². The summed E-state index contributed by atoms with van der Waals surface area (Å²) in [5.41, 5.74) is 0. The maximum atomic E-state index is 14.3.